The van der Waals surface area contributed by atoms with E-state index in [9.17, 15) is 35.5 Å². The van der Waals surface area contributed by atoms with Gasteiger partial charge in [0.2, 0.25) is 0 Å². The summed E-state index contributed by atoms with van der Waals surface area (Å²) < 4.78 is 88.2. The second-order valence-electron chi connectivity index (χ2n) is 5.19. The summed E-state index contributed by atoms with van der Waals surface area (Å²) in [5.41, 5.74) is 1.91. The third-order valence-corrected chi connectivity index (χ3v) is 3.41. The van der Waals surface area contributed by atoms with Crippen LogP contribution in [0.5, 0.6) is 0 Å². The Morgan fingerprint density at radius 2 is 1.52 bits per heavy atom. The minimum absolute atomic E-state index is 0.299. The molecule has 0 aliphatic carbocycles. The Balaban J connectivity index is 2.99. The molecule has 0 aromatic heterocycles. The maximum absolute atomic E-state index is 13.2. The van der Waals surface area contributed by atoms with Gasteiger partial charge in [-0.3, -0.25) is 4.79 Å². The number of hydrogen-bond acceptors (Lipinski definition) is 1. The van der Waals surface area contributed by atoms with Gasteiger partial charge in [-0.15, -0.1) is 0 Å². The van der Waals surface area contributed by atoms with E-state index in [4.69, 9.17) is 0 Å². The zero-order valence-corrected chi connectivity index (χ0v) is 12.4. The molecule has 0 saturated carbocycles. The molecule has 130 valence electrons. The molecule has 0 spiro atoms. The first-order chi connectivity index (χ1) is 10.2. The standard InChI is InChI=1S/C14H14F7NO/c1-7-4-5-10(6-8(7)2)9(3)22-11(23)12(15,16)13(17,18)14(19,20)21/h4-6,9H,1-3H3,(H,22,23)/t9-/m1/s1. The number of rotatable bonds is 4. The molecule has 0 bridgehead atoms. The molecule has 23 heavy (non-hydrogen) atoms. The predicted molar refractivity (Wildman–Crippen MR) is 68.4 cm³/mol. The molecule has 1 N–H and O–H groups in total. The van der Waals surface area contributed by atoms with Crippen molar-refractivity contribution in [3.05, 3.63) is 34.9 Å². The maximum Gasteiger partial charge on any atom is 0.460 e. The van der Waals surface area contributed by atoms with Gasteiger partial charge in [-0.25, -0.2) is 0 Å². The quantitative estimate of drug-likeness (QED) is 0.810. The molecule has 2 nitrogen and oxygen atoms in total. The van der Waals surface area contributed by atoms with Gasteiger partial charge < -0.3 is 5.32 Å². The van der Waals surface area contributed by atoms with E-state index in [1.165, 1.54) is 24.4 Å². The zero-order chi connectivity index (χ0) is 18.2. The lowest BCUT2D eigenvalue weighted by Gasteiger charge is -2.28. The Morgan fingerprint density at radius 3 is 1.96 bits per heavy atom. The molecule has 0 aliphatic heterocycles. The van der Waals surface area contributed by atoms with E-state index in [-0.39, 0.29) is 0 Å². The van der Waals surface area contributed by atoms with Crippen molar-refractivity contribution in [3.8, 4) is 0 Å². The van der Waals surface area contributed by atoms with Crippen molar-refractivity contribution in [2.75, 3.05) is 0 Å². The molecule has 1 amide bonds. The highest BCUT2D eigenvalue weighted by Crippen LogP contribution is 2.46. The van der Waals surface area contributed by atoms with Crippen LogP contribution in [0, 0.1) is 13.8 Å². The van der Waals surface area contributed by atoms with Crippen molar-refractivity contribution in [2.45, 2.75) is 44.8 Å². The Labute approximate surface area is 127 Å². The van der Waals surface area contributed by atoms with Crippen LogP contribution in [0.3, 0.4) is 0 Å². The number of halogens is 7. The lowest BCUT2D eigenvalue weighted by atomic mass is 10.0. The normalized spacial score (nSPS) is 14.5. The Morgan fingerprint density at radius 1 is 1.00 bits per heavy atom. The number of amides is 1. The summed E-state index contributed by atoms with van der Waals surface area (Å²) in [5, 5.41) is 1.49. The summed E-state index contributed by atoms with van der Waals surface area (Å²) in [7, 11) is 0. The summed E-state index contributed by atoms with van der Waals surface area (Å²) in [6, 6.07) is 3.40. The number of alkyl halides is 7. The van der Waals surface area contributed by atoms with E-state index < -0.39 is 30.0 Å². The highest BCUT2D eigenvalue weighted by molar-refractivity contribution is 5.85. The van der Waals surface area contributed by atoms with Gasteiger partial charge >= 0.3 is 18.0 Å². The van der Waals surface area contributed by atoms with Gasteiger partial charge in [-0.05, 0) is 37.5 Å². The molecule has 0 fully saturated rings. The number of carbonyl (C=O) groups excluding carboxylic acids is 1. The van der Waals surface area contributed by atoms with Gasteiger partial charge in [0.25, 0.3) is 5.91 Å². The molecule has 0 radical (unpaired) electrons. The number of nitrogens with one attached hydrogen (secondary N) is 1. The van der Waals surface area contributed by atoms with Gasteiger partial charge in [0.1, 0.15) is 0 Å². The first-order valence-electron chi connectivity index (χ1n) is 6.42. The van der Waals surface area contributed by atoms with E-state index in [1.807, 2.05) is 0 Å². The molecule has 1 rings (SSSR count). The van der Waals surface area contributed by atoms with Crippen LogP contribution >= 0.6 is 0 Å². The lowest BCUT2D eigenvalue weighted by Crippen LogP contribution is -2.59. The first-order valence-corrected chi connectivity index (χ1v) is 6.42. The summed E-state index contributed by atoms with van der Waals surface area (Å²) in [5.74, 6) is -15.1. The minimum atomic E-state index is -6.54. The molecule has 1 aromatic carbocycles. The van der Waals surface area contributed by atoms with Crippen molar-refractivity contribution in [1.82, 2.24) is 5.32 Å². The summed E-state index contributed by atoms with van der Waals surface area (Å²) in [6.45, 7) is 4.66. The third kappa shape index (κ3) is 3.59. The van der Waals surface area contributed by atoms with Crippen LogP contribution in [0.4, 0.5) is 30.7 Å². The average Bonchev–Trinajstić information content (AvgIpc) is 2.40. The smallest absolute Gasteiger partial charge is 0.344 e. The average molecular weight is 345 g/mol. The summed E-state index contributed by atoms with van der Waals surface area (Å²) >= 11 is 0. The van der Waals surface area contributed by atoms with Gasteiger partial charge in [0, 0.05) is 0 Å². The summed E-state index contributed by atoms with van der Waals surface area (Å²) in [6.07, 6.45) is -6.54. The fraction of sp³-hybridized carbons (Fsp3) is 0.500. The topological polar surface area (TPSA) is 29.1 Å². The highest BCUT2D eigenvalue weighted by Gasteiger charge is 2.76. The summed E-state index contributed by atoms with van der Waals surface area (Å²) in [4.78, 5) is 11.3. The SMILES string of the molecule is Cc1ccc([C@@H](C)NC(=O)C(F)(F)C(F)(F)C(F)(F)F)cc1C. The third-order valence-electron chi connectivity index (χ3n) is 3.41. The second-order valence-corrected chi connectivity index (χ2v) is 5.19. The van der Waals surface area contributed by atoms with Crippen LogP contribution in [-0.4, -0.2) is 23.9 Å². The molecule has 0 saturated heterocycles. The molecular weight excluding hydrogens is 331 g/mol. The van der Waals surface area contributed by atoms with Crippen molar-refractivity contribution >= 4 is 5.91 Å². The molecule has 0 aliphatic rings. The van der Waals surface area contributed by atoms with Crippen LogP contribution in [-0.2, 0) is 4.79 Å². The number of aryl methyl sites for hydroxylation is 2. The fourth-order valence-corrected chi connectivity index (χ4v) is 1.73. The zero-order valence-electron chi connectivity index (χ0n) is 12.4. The van der Waals surface area contributed by atoms with Crippen LogP contribution in [0.15, 0.2) is 18.2 Å². The Kier molecular flexibility index (Phi) is 5.03. The fourth-order valence-electron chi connectivity index (χ4n) is 1.73. The molecule has 0 unspecified atom stereocenters. The van der Waals surface area contributed by atoms with Gasteiger partial charge in [-0.1, -0.05) is 18.2 Å². The Bertz CT molecular complexity index is 595. The van der Waals surface area contributed by atoms with E-state index in [2.05, 4.69) is 0 Å². The van der Waals surface area contributed by atoms with Gasteiger partial charge in [0.15, 0.2) is 0 Å². The van der Waals surface area contributed by atoms with E-state index in [1.54, 1.807) is 19.9 Å². The lowest BCUT2D eigenvalue weighted by molar-refractivity contribution is -0.344. The van der Waals surface area contributed by atoms with Crippen LogP contribution in [0.1, 0.15) is 29.7 Å². The maximum atomic E-state index is 13.2. The highest BCUT2D eigenvalue weighted by atomic mass is 19.4. The minimum Gasteiger partial charge on any atom is -0.344 e. The van der Waals surface area contributed by atoms with Gasteiger partial charge in [0.05, 0.1) is 6.04 Å². The van der Waals surface area contributed by atoms with Crippen molar-refractivity contribution in [3.63, 3.8) is 0 Å². The van der Waals surface area contributed by atoms with Crippen LogP contribution in [0.25, 0.3) is 0 Å². The predicted octanol–water partition coefficient (Wildman–Crippen LogP) is 4.31. The first kappa shape index (κ1) is 19.2. The molecular formula is C14H14F7NO. The van der Waals surface area contributed by atoms with Crippen LogP contribution < -0.4 is 5.32 Å². The monoisotopic (exact) mass is 345 g/mol. The Hall–Kier alpha value is -1.80. The molecule has 1 aromatic rings. The van der Waals surface area contributed by atoms with Crippen LogP contribution in [0.2, 0.25) is 0 Å². The van der Waals surface area contributed by atoms with Gasteiger partial charge in [-0.2, -0.15) is 30.7 Å². The van der Waals surface area contributed by atoms with Crippen molar-refractivity contribution in [2.24, 2.45) is 0 Å². The van der Waals surface area contributed by atoms with E-state index >= 15 is 0 Å². The molecule has 9 heteroatoms. The second kappa shape index (κ2) is 6.01. The van der Waals surface area contributed by atoms with Crippen molar-refractivity contribution in [1.29, 1.82) is 0 Å². The van der Waals surface area contributed by atoms with E-state index in [0.29, 0.717) is 5.56 Å². The number of benzene rings is 1. The van der Waals surface area contributed by atoms with E-state index in [0.717, 1.165) is 11.1 Å². The number of carbonyl (C=O) groups is 1. The molecule has 1 atom stereocenters. The number of hydrogen-bond donors (Lipinski definition) is 1. The largest absolute Gasteiger partial charge is 0.460 e. The molecule has 0 heterocycles. The van der Waals surface area contributed by atoms with Crippen molar-refractivity contribution < 1.29 is 35.5 Å².